The van der Waals surface area contributed by atoms with Gasteiger partial charge in [0.25, 0.3) is 0 Å². The molecular formula is C19H22BrN5O2. The van der Waals surface area contributed by atoms with Gasteiger partial charge in [-0.25, -0.2) is 4.68 Å². The average molecular weight is 432 g/mol. The molecule has 27 heavy (non-hydrogen) atoms. The highest BCUT2D eigenvalue weighted by Gasteiger charge is 2.32. The summed E-state index contributed by atoms with van der Waals surface area (Å²) in [4.78, 5) is 27.8. The van der Waals surface area contributed by atoms with Crippen LogP contribution >= 0.6 is 15.9 Å². The summed E-state index contributed by atoms with van der Waals surface area (Å²) in [6.45, 7) is 2.66. The molecule has 2 aliphatic heterocycles. The number of aromatic nitrogens is 3. The van der Waals surface area contributed by atoms with Crippen molar-refractivity contribution in [3.8, 4) is 0 Å². The number of halogens is 1. The third-order valence-electron chi connectivity index (χ3n) is 5.24. The second-order valence-electron chi connectivity index (χ2n) is 7.15. The van der Waals surface area contributed by atoms with Gasteiger partial charge in [0.2, 0.25) is 11.8 Å². The minimum Gasteiger partial charge on any atom is -0.338 e. The van der Waals surface area contributed by atoms with E-state index in [4.69, 9.17) is 0 Å². The smallest absolute Gasteiger partial charge is 0.223 e. The zero-order chi connectivity index (χ0) is 18.8. The molecule has 0 atom stereocenters. The van der Waals surface area contributed by atoms with Gasteiger partial charge < -0.3 is 9.80 Å². The Morgan fingerprint density at radius 2 is 2.07 bits per heavy atom. The van der Waals surface area contributed by atoms with Crippen molar-refractivity contribution in [2.45, 2.75) is 38.3 Å². The zero-order valence-corrected chi connectivity index (χ0v) is 16.6. The maximum absolute atomic E-state index is 12.4. The van der Waals surface area contributed by atoms with Crippen LogP contribution in [0.1, 0.15) is 36.6 Å². The summed E-state index contributed by atoms with van der Waals surface area (Å²) < 4.78 is 2.87. The fourth-order valence-electron chi connectivity index (χ4n) is 3.56. The lowest BCUT2D eigenvalue weighted by molar-refractivity contribution is -0.137. The highest BCUT2D eigenvalue weighted by molar-refractivity contribution is 9.10. The van der Waals surface area contributed by atoms with Crippen LogP contribution in [0.5, 0.6) is 0 Å². The van der Waals surface area contributed by atoms with Gasteiger partial charge in [0.1, 0.15) is 5.69 Å². The minimum absolute atomic E-state index is 0.171. The van der Waals surface area contributed by atoms with Gasteiger partial charge in [0.15, 0.2) is 0 Å². The second-order valence-corrected chi connectivity index (χ2v) is 8.01. The molecule has 2 aliphatic rings. The van der Waals surface area contributed by atoms with Gasteiger partial charge in [-0.2, -0.15) is 0 Å². The molecule has 3 heterocycles. The Morgan fingerprint density at radius 1 is 1.26 bits per heavy atom. The van der Waals surface area contributed by atoms with E-state index in [9.17, 15) is 9.59 Å². The van der Waals surface area contributed by atoms with Crippen LogP contribution in [-0.2, 0) is 22.6 Å². The predicted molar refractivity (Wildman–Crippen MR) is 103 cm³/mol. The second kappa shape index (κ2) is 7.80. The van der Waals surface area contributed by atoms with E-state index in [1.54, 1.807) is 0 Å². The largest absolute Gasteiger partial charge is 0.338 e. The molecule has 1 aromatic heterocycles. The Bertz CT molecular complexity index is 846. The predicted octanol–water partition coefficient (Wildman–Crippen LogP) is 2.18. The van der Waals surface area contributed by atoms with E-state index in [0.717, 1.165) is 35.1 Å². The molecule has 0 saturated carbocycles. The van der Waals surface area contributed by atoms with Gasteiger partial charge in [0, 0.05) is 36.9 Å². The lowest BCUT2D eigenvalue weighted by atomic mass is 10.1. The lowest BCUT2D eigenvalue weighted by Crippen LogP contribution is -2.51. The molecule has 0 bridgehead atoms. The number of likely N-dealkylation sites (tertiary alicyclic amines) is 2. The molecule has 0 unspecified atom stereocenters. The molecule has 2 saturated heterocycles. The van der Waals surface area contributed by atoms with Crippen LogP contribution in [0.4, 0.5) is 0 Å². The van der Waals surface area contributed by atoms with Crippen LogP contribution in [0.25, 0.3) is 0 Å². The van der Waals surface area contributed by atoms with E-state index in [2.05, 4.69) is 26.2 Å². The number of hydrogen-bond donors (Lipinski definition) is 0. The first-order valence-corrected chi connectivity index (χ1v) is 10.1. The molecule has 2 amide bonds. The Morgan fingerprint density at radius 3 is 2.81 bits per heavy atom. The van der Waals surface area contributed by atoms with Crippen molar-refractivity contribution >= 4 is 27.7 Å². The van der Waals surface area contributed by atoms with Crippen molar-refractivity contribution in [2.75, 3.05) is 19.6 Å². The van der Waals surface area contributed by atoms with E-state index in [0.29, 0.717) is 32.5 Å². The average Bonchev–Trinajstić information content (AvgIpc) is 3.23. The van der Waals surface area contributed by atoms with Gasteiger partial charge in [-0.3, -0.25) is 9.59 Å². The fourth-order valence-corrected chi connectivity index (χ4v) is 4.04. The van der Waals surface area contributed by atoms with Crippen molar-refractivity contribution in [1.29, 1.82) is 0 Å². The van der Waals surface area contributed by atoms with E-state index < -0.39 is 0 Å². The number of amides is 2. The Labute approximate surface area is 166 Å². The molecule has 0 N–H and O–H groups in total. The van der Waals surface area contributed by atoms with Gasteiger partial charge in [-0.05, 0) is 24.5 Å². The molecule has 2 fully saturated rings. The van der Waals surface area contributed by atoms with E-state index in [-0.39, 0.29) is 17.9 Å². The Balaban J connectivity index is 1.25. The summed E-state index contributed by atoms with van der Waals surface area (Å²) in [5, 5.41) is 8.37. The molecule has 0 spiro atoms. The van der Waals surface area contributed by atoms with Crippen molar-refractivity contribution in [3.63, 3.8) is 0 Å². The lowest BCUT2D eigenvalue weighted by Gasteiger charge is -2.39. The molecule has 0 radical (unpaired) electrons. The van der Waals surface area contributed by atoms with Crippen LogP contribution in [-0.4, -0.2) is 56.2 Å². The summed E-state index contributed by atoms with van der Waals surface area (Å²) in [5.41, 5.74) is 1.96. The normalized spacial score (nSPS) is 17.4. The van der Waals surface area contributed by atoms with Gasteiger partial charge in [0.05, 0.1) is 18.8 Å². The number of aryl methyl sites for hydroxylation is 1. The Hall–Kier alpha value is -2.22. The van der Waals surface area contributed by atoms with Crippen LogP contribution in [0, 0.1) is 0 Å². The zero-order valence-electron chi connectivity index (χ0n) is 15.1. The monoisotopic (exact) mass is 431 g/mol. The molecule has 1 aromatic carbocycles. The molecule has 8 heteroatoms. The maximum Gasteiger partial charge on any atom is 0.223 e. The highest BCUT2D eigenvalue weighted by Crippen LogP contribution is 2.23. The third kappa shape index (κ3) is 4.05. The van der Waals surface area contributed by atoms with Crippen molar-refractivity contribution < 1.29 is 9.59 Å². The molecule has 7 nitrogen and oxygen atoms in total. The Kier molecular flexibility index (Phi) is 5.24. The maximum atomic E-state index is 12.4. The summed E-state index contributed by atoms with van der Waals surface area (Å²) >= 11 is 3.52. The number of carbonyl (C=O) groups excluding carboxylic acids is 2. The van der Waals surface area contributed by atoms with Crippen LogP contribution in [0.15, 0.2) is 34.9 Å². The van der Waals surface area contributed by atoms with Crippen LogP contribution in [0.2, 0.25) is 0 Å². The first-order valence-electron chi connectivity index (χ1n) is 9.30. The molecule has 142 valence electrons. The van der Waals surface area contributed by atoms with Crippen LogP contribution < -0.4 is 0 Å². The standard InChI is InChI=1S/C19H22BrN5O2/c20-17-5-2-1-4-14(17)7-8-19(27)24-12-16(13-24)25-11-15(21-22-25)10-23-9-3-6-18(23)26/h1-2,4-5,11,16H,3,6-10,12-13H2. The third-order valence-corrected chi connectivity index (χ3v) is 6.01. The summed E-state index contributed by atoms with van der Waals surface area (Å²) in [7, 11) is 0. The summed E-state index contributed by atoms with van der Waals surface area (Å²) in [6, 6.07) is 8.17. The quantitative estimate of drug-likeness (QED) is 0.702. The first-order chi connectivity index (χ1) is 13.1. The SMILES string of the molecule is O=C1CCCN1Cc1cn(C2CN(C(=O)CCc3ccccc3Br)C2)nn1. The molecule has 4 rings (SSSR count). The van der Waals surface area contributed by atoms with Crippen molar-refractivity contribution in [3.05, 3.63) is 46.2 Å². The molecular weight excluding hydrogens is 410 g/mol. The highest BCUT2D eigenvalue weighted by atomic mass is 79.9. The minimum atomic E-state index is 0.171. The van der Waals surface area contributed by atoms with E-state index in [1.165, 1.54) is 0 Å². The van der Waals surface area contributed by atoms with E-state index in [1.807, 2.05) is 44.9 Å². The van der Waals surface area contributed by atoms with Crippen molar-refractivity contribution in [2.24, 2.45) is 0 Å². The summed E-state index contributed by atoms with van der Waals surface area (Å²) in [5.74, 6) is 0.361. The van der Waals surface area contributed by atoms with Crippen LogP contribution in [0.3, 0.4) is 0 Å². The summed E-state index contributed by atoms with van der Waals surface area (Å²) in [6.07, 6.45) is 4.70. The number of rotatable bonds is 6. The topological polar surface area (TPSA) is 71.3 Å². The number of carbonyl (C=O) groups is 2. The van der Waals surface area contributed by atoms with Gasteiger partial charge >= 0.3 is 0 Å². The number of nitrogens with zero attached hydrogens (tertiary/aromatic N) is 5. The fraction of sp³-hybridized carbons (Fsp3) is 0.474. The molecule has 2 aromatic rings. The van der Waals surface area contributed by atoms with Gasteiger partial charge in [-0.1, -0.05) is 39.3 Å². The van der Waals surface area contributed by atoms with Gasteiger partial charge in [-0.15, -0.1) is 5.10 Å². The number of hydrogen-bond acceptors (Lipinski definition) is 4. The first kappa shape index (κ1) is 18.2. The number of benzene rings is 1. The van der Waals surface area contributed by atoms with E-state index >= 15 is 0 Å². The van der Waals surface area contributed by atoms with Crippen molar-refractivity contribution in [1.82, 2.24) is 24.8 Å². The molecule has 0 aliphatic carbocycles.